The van der Waals surface area contributed by atoms with Crippen LogP contribution in [0.25, 0.3) is 0 Å². The van der Waals surface area contributed by atoms with E-state index in [1.807, 2.05) is 4.68 Å². The van der Waals surface area contributed by atoms with Crippen molar-refractivity contribution < 1.29 is 5.11 Å². The van der Waals surface area contributed by atoms with Crippen molar-refractivity contribution in [2.75, 3.05) is 0 Å². The molecule has 1 aromatic rings. The zero-order chi connectivity index (χ0) is 12.4. The Morgan fingerprint density at radius 3 is 2.65 bits per heavy atom. The van der Waals surface area contributed by atoms with Crippen molar-refractivity contribution in [2.24, 2.45) is 5.92 Å². The van der Waals surface area contributed by atoms with Crippen LogP contribution in [0.5, 0.6) is 0 Å². The largest absolute Gasteiger partial charge is 0.392 e. The minimum absolute atomic E-state index is 0.202. The third-order valence-corrected chi connectivity index (χ3v) is 4.71. The predicted molar refractivity (Wildman–Crippen MR) is 72.0 cm³/mol. The molecule has 0 aromatic carbocycles. The van der Waals surface area contributed by atoms with E-state index in [-0.39, 0.29) is 6.10 Å². The van der Waals surface area contributed by atoms with Gasteiger partial charge in [0.15, 0.2) is 0 Å². The molecular formula is C13H21BrN2O. The molecule has 1 atom stereocenters. The fourth-order valence-corrected chi connectivity index (χ4v) is 3.13. The van der Waals surface area contributed by atoms with Gasteiger partial charge in [0.05, 0.1) is 22.0 Å². The van der Waals surface area contributed by atoms with Gasteiger partial charge in [0.25, 0.3) is 0 Å². The van der Waals surface area contributed by atoms with E-state index in [9.17, 15) is 5.11 Å². The van der Waals surface area contributed by atoms with E-state index in [1.54, 1.807) is 0 Å². The predicted octanol–water partition coefficient (Wildman–Crippen LogP) is 2.93. The third kappa shape index (κ3) is 2.58. The van der Waals surface area contributed by atoms with Crippen molar-refractivity contribution in [3.63, 3.8) is 0 Å². The molecule has 17 heavy (non-hydrogen) atoms. The molecule has 4 heteroatoms. The van der Waals surface area contributed by atoms with E-state index in [4.69, 9.17) is 0 Å². The summed E-state index contributed by atoms with van der Waals surface area (Å²) in [6, 6.07) is 0. The smallest absolute Gasteiger partial charge is 0.0766 e. The molecule has 96 valence electrons. The number of aromatic nitrogens is 2. The van der Waals surface area contributed by atoms with Crippen molar-refractivity contribution in [2.45, 2.75) is 58.6 Å². The van der Waals surface area contributed by atoms with Gasteiger partial charge in [0.2, 0.25) is 0 Å². The van der Waals surface area contributed by atoms with Crippen molar-refractivity contribution in [3.8, 4) is 0 Å². The molecule has 1 saturated carbocycles. The second-order valence-corrected chi connectivity index (χ2v) is 5.63. The maximum absolute atomic E-state index is 10.2. The van der Waals surface area contributed by atoms with Crippen molar-refractivity contribution in [1.29, 1.82) is 0 Å². The molecule has 2 rings (SSSR count). The topological polar surface area (TPSA) is 38.0 Å². The standard InChI is InChI=1S/C13H21BrN2O/c1-3-10-13(14)11(16(4-2)15-10)8-12(17)9-6-5-7-9/h9,12,17H,3-8H2,1-2H3. The molecule has 3 nitrogen and oxygen atoms in total. The van der Waals surface area contributed by atoms with Crippen molar-refractivity contribution in [3.05, 3.63) is 15.9 Å². The lowest BCUT2D eigenvalue weighted by Crippen LogP contribution is -2.29. The summed E-state index contributed by atoms with van der Waals surface area (Å²) in [6.07, 6.45) is 5.09. The van der Waals surface area contributed by atoms with Gasteiger partial charge in [0, 0.05) is 13.0 Å². The summed E-state index contributed by atoms with van der Waals surface area (Å²) in [6.45, 7) is 5.07. The van der Waals surface area contributed by atoms with Crippen LogP contribution >= 0.6 is 15.9 Å². The minimum atomic E-state index is -0.202. The maximum atomic E-state index is 10.2. The Kier molecular flexibility index (Phi) is 4.26. The van der Waals surface area contributed by atoms with Crippen LogP contribution in [0.2, 0.25) is 0 Å². The number of aliphatic hydroxyl groups excluding tert-OH is 1. The van der Waals surface area contributed by atoms with E-state index in [2.05, 4.69) is 34.9 Å². The quantitative estimate of drug-likeness (QED) is 0.908. The highest BCUT2D eigenvalue weighted by Crippen LogP contribution is 2.32. The molecule has 0 radical (unpaired) electrons. The van der Waals surface area contributed by atoms with Crippen molar-refractivity contribution in [1.82, 2.24) is 9.78 Å². The first kappa shape index (κ1) is 13.1. The normalized spacial score (nSPS) is 18.1. The Morgan fingerprint density at radius 1 is 1.47 bits per heavy atom. The lowest BCUT2D eigenvalue weighted by Gasteiger charge is -2.30. The summed E-state index contributed by atoms with van der Waals surface area (Å²) in [4.78, 5) is 0. The molecular weight excluding hydrogens is 280 g/mol. The molecule has 0 saturated heterocycles. The van der Waals surface area contributed by atoms with E-state index in [0.29, 0.717) is 5.92 Å². The van der Waals surface area contributed by atoms with Gasteiger partial charge < -0.3 is 5.11 Å². The summed E-state index contributed by atoms with van der Waals surface area (Å²) in [5.74, 6) is 0.507. The number of halogens is 1. The lowest BCUT2D eigenvalue weighted by molar-refractivity contribution is 0.0612. The molecule has 1 unspecified atom stereocenters. The van der Waals surface area contributed by atoms with Crippen LogP contribution < -0.4 is 0 Å². The molecule has 0 bridgehead atoms. The fourth-order valence-electron chi connectivity index (χ4n) is 2.40. The summed E-state index contributed by atoms with van der Waals surface area (Å²) >= 11 is 3.63. The Balaban J connectivity index is 2.15. The number of aryl methyl sites for hydroxylation is 2. The summed E-state index contributed by atoms with van der Waals surface area (Å²) in [5, 5.41) is 14.7. The van der Waals surface area contributed by atoms with Gasteiger partial charge in [-0.15, -0.1) is 0 Å². The van der Waals surface area contributed by atoms with Crippen LogP contribution in [-0.4, -0.2) is 21.0 Å². The van der Waals surface area contributed by atoms with E-state index in [1.165, 1.54) is 19.3 Å². The average molecular weight is 301 g/mol. The fraction of sp³-hybridized carbons (Fsp3) is 0.769. The van der Waals surface area contributed by atoms with E-state index >= 15 is 0 Å². The highest BCUT2D eigenvalue weighted by molar-refractivity contribution is 9.10. The molecule has 0 aliphatic heterocycles. The Morgan fingerprint density at radius 2 is 2.18 bits per heavy atom. The van der Waals surface area contributed by atoms with Gasteiger partial charge in [0.1, 0.15) is 0 Å². The van der Waals surface area contributed by atoms with Crippen LogP contribution in [0.4, 0.5) is 0 Å². The van der Waals surface area contributed by atoms with Crippen LogP contribution in [0.3, 0.4) is 0 Å². The molecule has 1 N–H and O–H groups in total. The highest BCUT2D eigenvalue weighted by Gasteiger charge is 2.27. The first-order chi connectivity index (χ1) is 8.17. The molecule has 1 aliphatic carbocycles. The Bertz CT molecular complexity index is 385. The lowest BCUT2D eigenvalue weighted by atomic mass is 9.80. The van der Waals surface area contributed by atoms with Crippen LogP contribution in [0.1, 0.15) is 44.5 Å². The molecule has 1 aromatic heterocycles. The van der Waals surface area contributed by atoms with Crippen LogP contribution in [0.15, 0.2) is 4.47 Å². The van der Waals surface area contributed by atoms with E-state index in [0.717, 1.165) is 35.2 Å². The molecule has 1 fully saturated rings. The number of nitrogens with zero attached hydrogens (tertiary/aromatic N) is 2. The monoisotopic (exact) mass is 300 g/mol. The zero-order valence-electron chi connectivity index (χ0n) is 10.6. The number of rotatable bonds is 5. The zero-order valence-corrected chi connectivity index (χ0v) is 12.2. The average Bonchev–Trinajstić information content (AvgIpc) is 2.53. The number of hydrogen-bond donors (Lipinski definition) is 1. The molecule has 1 aliphatic rings. The highest BCUT2D eigenvalue weighted by atomic mass is 79.9. The van der Waals surface area contributed by atoms with Gasteiger partial charge in [-0.2, -0.15) is 5.10 Å². The first-order valence-corrected chi connectivity index (χ1v) is 7.38. The van der Waals surface area contributed by atoms with E-state index < -0.39 is 0 Å². The number of hydrogen-bond acceptors (Lipinski definition) is 2. The van der Waals surface area contributed by atoms with Gasteiger partial charge >= 0.3 is 0 Å². The van der Waals surface area contributed by atoms with Crippen molar-refractivity contribution >= 4 is 15.9 Å². The molecule has 0 spiro atoms. The van der Waals surface area contributed by atoms with Crippen LogP contribution in [-0.2, 0) is 19.4 Å². The SMILES string of the molecule is CCc1nn(CC)c(CC(O)C2CCC2)c1Br. The molecule has 1 heterocycles. The Labute approximate surface area is 111 Å². The Hall–Kier alpha value is -0.350. The molecule has 0 amide bonds. The number of aliphatic hydroxyl groups is 1. The third-order valence-electron chi connectivity index (χ3n) is 3.79. The van der Waals surface area contributed by atoms with Gasteiger partial charge in [-0.3, -0.25) is 4.68 Å². The second kappa shape index (κ2) is 5.53. The van der Waals surface area contributed by atoms with Gasteiger partial charge in [-0.05, 0) is 48.0 Å². The second-order valence-electron chi connectivity index (χ2n) is 4.84. The van der Waals surface area contributed by atoms with Gasteiger partial charge in [-0.1, -0.05) is 13.3 Å². The minimum Gasteiger partial charge on any atom is -0.392 e. The van der Waals surface area contributed by atoms with Crippen LogP contribution in [0, 0.1) is 5.92 Å². The first-order valence-electron chi connectivity index (χ1n) is 6.59. The maximum Gasteiger partial charge on any atom is 0.0766 e. The summed E-state index contributed by atoms with van der Waals surface area (Å²) in [7, 11) is 0. The summed E-state index contributed by atoms with van der Waals surface area (Å²) in [5.41, 5.74) is 2.26. The summed E-state index contributed by atoms with van der Waals surface area (Å²) < 4.78 is 3.12. The van der Waals surface area contributed by atoms with Gasteiger partial charge in [-0.25, -0.2) is 0 Å².